The number of nitrogens with one attached hydrogen (secondary N) is 2. The van der Waals surface area contributed by atoms with Gasteiger partial charge in [0, 0.05) is 52.3 Å². The molecule has 2 aliphatic heterocycles. The molecular weight excluding hydrogens is 596 g/mol. The zero-order chi connectivity index (χ0) is 29.5. The highest BCUT2D eigenvalue weighted by Gasteiger charge is 2.49. The second kappa shape index (κ2) is 10.2. The van der Waals surface area contributed by atoms with Crippen LogP contribution in [0, 0.1) is 30.0 Å². The minimum atomic E-state index is -3.44. The van der Waals surface area contributed by atoms with Crippen LogP contribution in [0.5, 0.6) is 0 Å². The Morgan fingerprint density at radius 2 is 2.05 bits per heavy atom. The van der Waals surface area contributed by atoms with E-state index in [2.05, 4.69) is 20.7 Å². The van der Waals surface area contributed by atoms with Gasteiger partial charge in [0.1, 0.15) is 5.52 Å². The topological polar surface area (TPSA) is 99.8 Å². The molecule has 2 aromatic heterocycles. The Bertz CT molecular complexity index is 1920. The van der Waals surface area contributed by atoms with Crippen molar-refractivity contribution in [3.63, 3.8) is 0 Å². The quantitative estimate of drug-likeness (QED) is 0.226. The molecule has 2 saturated carbocycles. The summed E-state index contributed by atoms with van der Waals surface area (Å²) in [5, 5.41) is 14.7. The van der Waals surface area contributed by atoms with E-state index in [9.17, 15) is 13.7 Å². The SMILES string of the molecule is Cc1nc2c(F)c(-c3cccc(Cl)c3Cl)c(CCC#N)cc2c2c1cc(C(C)NS(=O)(=O)C1CC1)n2[C@H]1[C@H]2CN[C@@H]1C2. The minimum Gasteiger partial charge on any atom is -0.337 e. The minimum absolute atomic E-state index is 0.114. The van der Waals surface area contributed by atoms with Crippen LogP contribution in [0.1, 0.15) is 61.6 Å². The summed E-state index contributed by atoms with van der Waals surface area (Å²) >= 11 is 12.9. The molecule has 0 spiro atoms. The number of pyridine rings is 1. The number of nitrogens with zero attached hydrogens (tertiary/aromatic N) is 3. The predicted octanol–water partition coefficient (Wildman–Crippen LogP) is 6.74. The fraction of sp³-hybridized carbons (Fsp3) is 0.419. The molecule has 2 N–H and O–H groups in total. The van der Waals surface area contributed by atoms with Crippen LogP contribution >= 0.6 is 23.2 Å². The molecule has 0 radical (unpaired) electrons. The third-order valence-electron chi connectivity index (χ3n) is 9.18. The number of nitriles is 1. The summed E-state index contributed by atoms with van der Waals surface area (Å²) in [6, 6.07) is 11.1. The number of benzene rings is 2. The van der Waals surface area contributed by atoms with E-state index in [-0.39, 0.29) is 34.3 Å². The van der Waals surface area contributed by atoms with Crippen molar-refractivity contribution in [2.75, 3.05) is 6.54 Å². The van der Waals surface area contributed by atoms with Crippen LogP contribution in [0.25, 0.3) is 32.9 Å². The fourth-order valence-electron chi connectivity index (χ4n) is 6.96. The average Bonchev–Trinajstić information content (AvgIpc) is 3.39. The van der Waals surface area contributed by atoms with Crippen molar-refractivity contribution in [1.29, 1.82) is 5.26 Å². The van der Waals surface area contributed by atoms with Crippen molar-refractivity contribution < 1.29 is 12.8 Å². The van der Waals surface area contributed by atoms with Crippen LogP contribution in [-0.2, 0) is 16.4 Å². The largest absolute Gasteiger partial charge is 0.337 e. The summed E-state index contributed by atoms with van der Waals surface area (Å²) in [6.07, 6.45) is 2.92. The lowest BCUT2D eigenvalue weighted by Gasteiger charge is -2.38. The summed E-state index contributed by atoms with van der Waals surface area (Å²) in [7, 11) is -3.44. The Kier molecular flexibility index (Phi) is 6.80. The molecule has 8 rings (SSSR count). The molecule has 4 aromatic rings. The lowest BCUT2D eigenvalue weighted by atomic mass is 9.79. The highest BCUT2D eigenvalue weighted by molar-refractivity contribution is 7.90. The summed E-state index contributed by atoms with van der Waals surface area (Å²) in [6.45, 7) is 4.62. The first-order valence-corrected chi connectivity index (χ1v) is 16.6. The molecule has 7 nitrogen and oxygen atoms in total. The molecule has 0 amide bonds. The summed E-state index contributed by atoms with van der Waals surface area (Å²) in [5.41, 5.74) is 3.95. The molecule has 4 heterocycles. The first kappa shape index (κ1) is 28.1. The fourth-order valence-corrected chi connectivity index (χ4v) is 8.91. The van der Waals surface area contributed by atoms with Crippen molar-refractivity contribution >= 4 is 55.0 Å². The van der Waals surface area contributed by atoms with Crippen molar-refractivity contribution in [3.05, 3.63) is 63.1 Å². The molecule has 2 aliphatic carbocycles. The van der Waals surface area contributed by atoms with Crippen LogP contribution in [0.15, 0.2) is 30.3 Å². The first-order valence-electron chi connectivity index (χ1n) is 14.3. The van der Waals surface area contributed by atoms with Crippen LogP contribution in [0.2, 0.25) is 10.0 Å². The molecule has 42 heavy (non-hydrogen) atoms. The predicted molar refractivity (Wildman–Crippen MR) is 164 cm³/mol. The van der Waals surface area contributed by atoms with E-state index in [1.165, 1.54) is 0 Å². The zero-order valence-electron chi connectivity index (χ0n) is 23.2. The van der Waals surface area contributed by atoms with E-state index < -0.39 is 21.9 Å². The molecule has 2 saturated heterocycles. The Morgan fingerprint density at radius 1 is 1.26 bits per heavy atom. The van der Waals surface area contributed by atoms with E-state index in [1.807, 2.05) is 26.0 Å². The summed E-state index contributed by atoms with van der Waals surface area (Å²) < 4.78 is 47.8. The van der Waals surface area contributed by atoms with E-state index in [0.717, 1.165) is 29.6 Å². The molecular formula is C31H30Cl2FN5O2S. The van der Waals surface area contributed by atoms with Gasteiger partial charge in [0.25, 0.3) is 0 Å². The van der Waals surface area contributed by atoms with Gasteiger partial charge in [-0.3, -0.25) is 0 Å². The average molecular weight is 627 g/mol. The molecule has 2 bridgehead atoms. The second-order valence-corrected chi connectivity index (χ2v) is 14.6. The maximum Gasteiger partial charge on any atom is 0.215 e. The number of halogens is 3. The maximum atomic E-state index is 16.8. The molecule has 11 heteroatoms. The number of fused-ring (bicyclic) bond motifs is 4. The smallest absolute Gasteiger partial charge is 0.215 e. The van der Waals surface area contributed by atoms with Crippen LogP contribution < -0.4 is 10.0 Å². The standard InChI is InChI=1S/C31H30Cl2FN5O2S/c1-15-21-13-25(16(2)38-42(40,41)19-8-9-19)39(30-18-12-24(30)36-14-18)31(21)22-11-17(5-4-10-35)26(28(34)29(22)37-15)20-6-3-7-23(32)27(20)33/h3,6-7,11,13,16,18-19,24,30,36,38H,4-5,8-9,12,14H2,1-2H3/t16?,18-,24-,30+/m1/s1. The van der Waals surface area contributed by atoms with Gasteiger partial charge >= 0.3 is 0 Å². The van der Waals surface area contributed by atoms with Gasteiger partial charge in [-0.05, 0) is 69.2 Å². The van der Waals surface area contributed by atoms with Crippen molar-refractivity contribution in [1.82, 2.24) is 19.6 Å². The van der Waals surface area contributed by atoms with Gasteiger partial charge in [-0.1, -0.05) is 35.3 Å². The Hall–Kier alpha value is -2.74. The normalized spacial score (nSPS) is 22.4. The molecule has 2 aromatic carbocycles. The summed E-state index contributed by atoms with van der Waals surface area (Å²) in [4.78, 5) is 4.76. The molecule has 1 unspecified atom stereocenters. The maximum absolute atomic E-state index is 16.8. The van der Waals surface area contributed by atoms with Gasteiger partial charge in [-0.25, -0.2) is 22.5 Å². The van der Waals surface area contributed by atoms with Gasteiger partial charge in [0.15, 0.2) is 5.82 Å². The number of hydrogen-bond donors (Lipinski definition) is 2. The van der Waals surface area contributed by atoms with E-state index in [4.69, 9.17) is 28.2 Å². The van der Waals surface area contributed by atoms with Gasteiger partial charge in [0.05, 0.1) is 39.0 Å². The summed E-state index contributed by atoms with van der Waals surface area (Å²) in [5.74, 6) is -0.117. The Balaban J connectivity index is 1.51. The molecule has 218 valence electrons. The molecule has 4 atom stereocenters. The van der Waals surface area contributed by atoms with E-state index in [1.54, 1.807) is 18.2 Å². The Labute approximate surface area is 254 Å². The van der Waals surface area contributed by atoms with Crippen molar-refractivity contribution in [3.8, 4) is 17.2 Å². The van der Waals surface area contributed by atoms with Gasteiger partial charge < -0.3 is 9.88 Å². The number of aryl methyl sites for hydroxylation is 2. The van der Waals surface area contributed by atoms with Crippen LogP contribution in [0.3, 0.4) is 0 Å². The number of hydrogen-bond acceptors (Lipinski definition) is 5. The number of aromatic nitrogens is 2. The van der Waals surface area contributed by atoms with Crippen LogP contribution in [-0.4, -0.2) is 35.8 Å². The van der Waals surface area contributed by atoms with Crippen molar-refractivity contribution in [2.45, 2.75) is 69.3 Å². The highest BCUT2D eigenvalue weighted by atomic mass is 35.5. The van der Waals surface area contributed by atoms with Gasteiger partial charge in [-0.15, -0.1) is 0 Å². The second-order valence-electron chi connectivity index (χ2n) is 11.9. The monoisotopic (exact) mass is 625 g/mol. The zero-order valence-corrected chi connectivity index (χ0v) is 25.5. The molecule has 4 fully saturated rings. The Morgan fingerprint density at radius 3 is 2.71 bits per heavy atom. The first-order chi connectivity index (χ1) is 20.1. The lowest BCUT2D eigenvalue weighted by molar-refractivity contribution is 0.219. The van der Waals surface area contributed by atoms with Gasteiger partial charge in [0.2, 0.25) is 10.0 Å². The number of rotatable bonds is 8. The van der Waals surface area contributed by atoms with Gasteiger partial charge in [-0.2, -0.15) is 5.26 Å². The van der Waals surface area contributed by atoms with Crippen molar-refractivity contribution in [2.24, 2.45) is 5.92 Å². The van der Waals surface area contributed by atoms with E-state index in [0.29, 0.717) is 58.0 Å². The molecule has 4 aliphatic rings. The lowest BCUT2D eigenvalue weighted by Crippen LogP contribution is -2.40. The van der Waals surface area contributed by atoms with Crippen LogP contribution in [0.4, 0.5) is 4.39 Å². The van der Waals surface area contributed by atoms with E-state index >= 15 is 4.39 Å². The third kappa shape index (κ3) is 4.34. The highest BCUT2D eigenvalue weighted by Crippen LogP contribution is 2.49. The number of sulfonamides is 1. The third-order valence-corrected chi connectivity index (χ3v) is 12.0.